The second kappa shape index (κ2) is 3.26. The SMILES string of the molecule is C#CCCCC1CC(=O)O1. The molecular weight excluding hydrogens is 128 g/mol. The lowest BCUT2D eigenvalue weighted by Gasteiger charge is -2.24. The molecule has 0 aromatic rings. The molecule has 0 N–H and O–H groups in total. The smallest absolute Gasteiger partial charge is 0.309 e. The third kappa shape index (κ3) is 1.77. The van der Waals surface area contributed by atoms with Crippen LogP contribution in [0.3, 0.4) is 0 Å². The number of esters is 1. The fraction of sp³-hybridized carbons (Fsp3) is 0.625. The fourth-order valence-corrected chi connectivity index (χ4v) is 0.955. The molecule has 10 heavy (non-hydrogen) atoms. The molecule has 1 aliphatic heterocycles. The lowest BCUT2D eigenvalue weighted by atomic mass is 10.1. The van der Waals surface area contributed by atoms with Crippen LogP contribution in [0.5, 0.6) is 0 Å². The van der Waals surface area contributed by atoms with Gasteiger partial charge in [-0.05, 0) is 12.8 Å². The molecule has 0 amide bonds. The van der Waals surface area contributed by atoms with Gasteiger partial charge in [0.05, 0.1) is 6.42 Å². The van der Waals surface area contributed by atoms with E-state index in [1.54, 1.807) is 0 Å². The fourth-order valence-electron chi connectivity index (χ4n) is 0.955. The predicted molar refractivity (Wildman–Crippen MR) is 37.2 cm³/mol. The Labute approximate surface area is 60.6 Å². The summed E-state index contributed by atoms with van der Waals surface area (Å²) in [6.45, 7) is 0. The monoisotopic (exact) mass is 138 g/mol. The minimum Gasteiger partial charge on any atom is -0.462 e. The van der Waals surface area contributed by atoms with Gasteiger partial charge in [0.2, 0.25) is 0 Å². The zero-order chi connectivity index (χ0) is 7.40. The number of hydrogen-bond acceptors (Lipinski definition) is 2. The summed E-state index contributed by atoms with van der Waals surface area (Å²) >= 11 is 0. The molecule has 0 radical (unpaired) electrons. The number of hydrogen-bond donors (Lipinski definition) is 0. The van der Waals surface area contributed by atoms with E-state index < -0.39 is 0 Å². The van der Waals surface area contributed by atoms with Crippen LogP contribution in [-0.2, 0) is 9.53 Å². The molecule has 1 rings (SSSR count). The highest BCUT2D eigenvalue weighted by atomic mass is 16.6. The van der Waals surface area contributed by atoms with Gasteiger partial charge in [0.15, 0.2) is 0 Å². The molecule has 0 saturated carbocycles. The first-order valence-electron chi connectivity index (χ1n) is 3.46. The van der Waals surface area contributed by atoms with Gasteiger partial charge < -0.3 is 4.74 Å². The van der Waals surface area contributed by atoms with Crippen molar-refractivity contribution in [1.29, 1.82) is 0 Å². The van der Waals surface area contributed by atoms with E-state index in [4.69, 9.17) is 11.2 Å². The zero-order valence-corrected chi connectivity index (χ0v) is 5.80. The quantitative estimate of drug-likeness (QED) is 0.331. The van der Waals surface area contributed by atoms with Crippen molar-refractivity contribution in [3.63, 3.8) is 0 Å². The van der Waals surface area contributed by atoms with Crippen LogP contribution in [0.15, 0.2) is 0 Å². The minimum atomic E-state index is -0.0780. The van der Waals surface area contributed by atoms with Crippen molar-refractivity contribution in [3.05, 3.63) is 0 Å². The van der Waals surface area contributed by atoms with E-state index in [1.165, 1.54) is 0 Å². The lowest BCUT2D eigenvalue weighted by molar-refractivity contribution is -0.169. The number of unbranched alkanes of at least 4 members (excludes halogenated alkanes) is 1. The van der Waals surface area contributed by atoms with Gasteiger partial charge >= 0.3 is 5.97 Å². The Balaban J connectivity index is 1.96. The average molecular weight is 138 g/mol. The second-order valence-electron chi connectivity index (χ2n) is 2.41. The summed E-state index contributed by atoms with van der Waals surface area (Å²) in [5.74, 6) is 2.46. The highest BCUT2D eigenvalue weighted by Gasteiger charge is 2.27. The van der Waals surface area contributed by atoms with E-state index in [2.05, 4.69) is 5.92 Å². The molecule has 1 aliphatic rings. The molecule has 1 unspecified atom stereocenters. The van der Waals surface area contributed by atoms with Gasteiger partial charge in [0.25, 0.3) is 0 Å². The highest BCUT2D eigenvalue weighted by molar-refractivity contribution is 5.75. The molecule has 2 nitrogen and oxygen atoms in total. The summed E-state index contributed by atoms with van der Waals surface area (Å²) in [7, 11) is 0. The van der Waals surface area contributed by atoms with Crippen molar-refractivity contribution in [2.45, 2.75) is 31.8 Å². The number of terminal acetylenes is 1. The number of rotatable bonds is 3. The summed E-state index contributed by atoms with van der Waals surface area (Å²) in [6.07, 6.45) is 8.48. The molecule has 54 valence electrons. The first kappa shape index (κ1) is 7.14. The Hall–Kier alpha value is -0.970. The van der Waals surface area contributed by atoms with Crippen molar-refractivity contribution in [2.24, 2.45) is 0 Å². The summed E-state index contributed by atoms with van der Waals surface area (Å²) in [5.41, 5.74) is 0. The molecule has 0 aliphatic carbocycles. The van der Waals surface area contributed by atoms with Crippen LogP contribution in [0, 0.1) is 12.3 Å². The molecular formula is C8H10O2. The molecule has 0 bridgehead atoms. The third-order valence-corrected chi connectivity index (χ3v) is 1.54. The van der Waals surface area contributed by atoms with Gasteiger partial charge in [-0.25, -0.2) is 0 Å². The van der Waals surface area contributed by atoms with Crippen LogP contribution in [0.4, 0.5) is 0 Å². The van der Waals surface area contributed by atoms with E-state index in [0.717, 1.165) is 19.3 Å². The maximum absolute atomic E-state index is 10.3. The van der Waals surface area contributed by atoms with Crippen LogP contribution in [0.2, 0.25) is 0 Å². The van der Waals surface area contributed by atoms with E-state index in [9.17, 15) is 4.79 Å². The maximum atomic E-state index is 10.3. The van der Waals surface area contributed by atoms with E-state index in [0.29, 0.717) is 6.42 Å². The minimum absolute atomic E-state index is 0.0780. The van der Waals surface area contributed by atoms with Gasteiger partial charge in [0, 0.05) is 6.42 Å². The van der Waals surface area contributed by atoms with Crippen LogP contribution < -0.4 is 0 Å². The van der Waals surface area contributed by atoms with Crippen LogP contribution in [0.1, 0.15) is 25.7 Å². The van der Waals surface area contributed by atoms with Crippen molar-refractivity contribution in [3.8, 4) is 12.3 Å². The van der Waals surface area contributed by atoms with Crippen LogP contribution in [-0.4, -0.2) is 12.1 Å². The molecule has 0 aromatic heterocycles. The van der Waals surface area contributed by atoms with E-state index in [-0.39, 0.29) is 12.1 Å². The first-order valence-corrected chi connectivity index (χ1v) is 3.46. The van der Waals surface area contributed by atoms with Crippen molar-refractivity contribution < 1.29 is 9.53 Å². The molecule has 2 heteroatoms. The number of cyclic esters (lactones) is 1. The van der Waals surface area contributed by atoms with E-state index >= 15 is 0 Å². The lowest BCUT2D eigenvalue weighted by Crippen LogP contribution is -2.32. The second-order valence-corrected chi connectivity index (χ2v) is 2.41. The molecule has 1 heterocycles. The number of carbonyl (C=O) groups is 1. The average Bonchev–Trinajstić information content (AvgIpc) is 1.85. The summed E-state index contributed by atoms with van der Waals surface area (Å²) in [6, 6.07) is 0. The zero-order valence-electron chi connectivity index (χ0n) is 5.80. The van der Waals surface area contributed by atoms with Gasteiger partial charge in [-0.1, -0.05) is 0 Å². The molecule has 1 saturated heterocycles. The Morgan fingerprint density at radius 3 is 3.00 bits per heavy atom. The molecule has 1 fully saturated rings. The van der Waals surface area contributed by atoms with Gasteiger partial charge in [-0.2, -0.15) is 0 Å². The largest absolute Gasteiger partial charge is 0.462 e. The predicted octanol–water partition coefficient (Wildman–Crippen LogP) is 1.11. The molecule has 1 atom stereocenters. The van der Waals surface area contributed by atoms with Crippen molar-refractivity contribution in [1.82, 2.24) is 0 Å². The standard InChI is InChI=1S/C8H10O2/c1-2-3-4-5-7-6-8(9)10-7/h1,7H,3-6H2. The van der Waals surface area contributed by atoms with Crippen LogP contribution >= 0.6 is 0 Å². The molecule has 0 aromatic carbocycles. The number of ether oxygens (including phenoxy) is 1. The summed E-state index contributed by atoms with van der Waals surface area (Å²) in [4.78, 5) is 10.3. The van der Waals surface area contributed by atoms with E-state index in [1.807, 2.05) is 0 Å². The Morgan fingerprint density at radius 2 is 2.50 bits per heavy atom. The molecule has 0 spiro atoms. The topological polar surface area (TPSA) is 26.3 Å². The Morgan fingerprint density at radius 1 is 1.80 bits per heavy atom. The first-order chi connectivity index (χ1) is 4.83. The normalized spacial score (nSPS) is 22.7. The van der Waals surface area contributed by atoms with Crippen molar-refractivity contribution in [2.75, 3.05) is 0 Å². The van der Waals surface area contributed by atoms with Gasteiger partial charge in [0.1, 0.15) is 6.10 Å². The Kier molecular flexibility index (Phi) is 2.33. The van der Waals surface area contributed by atoms with Gasteiger partial charge in [-0.15, -0.1) is 12.3 Å². The number of carbonyl (C=O) groups excluding carboxylic acids is 1. The Bertz CT molecular complexity index is 159. The maximum Gasteiger partial charge on any atom is 0.309 e. The summed E-state index contributed by atoms with van der Waals surface area (Å²) < 4.78 is 4.78. The third-order valence-electron chi connectivity index (χ3n) is 1.54. The summed E-state index contributed by atoms with van der Waals surface area (Å²) in [5, 5.41) is 0. The van der Waals surface area contributed by atoms with Crippen LogP contribution in [0.25, 0.3) is 0 Å². The van der Waals surface area contributed by atoms with Crippen molar-refractivity contribution >= 4 is 5.97 Å². The van der Waals surface area contributed by atoms with Gasteiger partial charge in [-0.3, -0.25) is 4.79 Å². The highest BCUT2D eigenvalue weighted by Crippen LogP contribution is 2.18.